The molecule has 1 N–H and O–H groups in total. The summed E-state index contributed by atoms with van der Waals surface area (Å²) in [6.45, 7) is 1.98. The van der Waals surface area contributed by atoms with E-state index in [2.05, 4.69) is 27.6 Å². The van der Waals surface area contributed by atoms with Gasteiger partial charge in [-0.05, 0) is 19.8 Å². The zero-order valence-corrected chi connectivity index (χ0v) is 10.5. The summed E-state index contributed by atoms with van der Waals surface area (Å²) in [5.74, 6) is 1.47. The summed E-state index contributed by atoms with van der Waals surface area (Å²) in [5.41, 5.74) is 1.01. The Balaban J connectivity index is 2.08. The molecular weight excluding hydrogens is 234 g/mol. The zero-order chi connectivity index (χ0) is 11.9. The lowest BCUT2D eigenvalue weighted by Crippen LogP contribution is -2.24. The smallest absolute Gasteiger partial charge is 0.157 e. The van der Waals surface area contributed by atoms with Crippen LogP contribution in [-0.4, -0.2) is 21.6 Å². The van der Waals surface area contributed by atoms with E-state index in [0.29, 0.717) is 5.88 Å². The number of nitrogens with one attached hydrogen (secondary N) is 1. The molecule has 2 aromatic rings. The Labute approximate surface area is 105 Å². The molecule has 4 heteroatoms. The second kappa shape index (κ2) is 3.84. The van der Waals surface area contributed by atoms with E-state index in [0.717, 1.165) is 35.1 Å². The van der Waals surface area contributed by atoms with Gasteiger partial charge < -0.3 is 5.32 Å². The summed E-state index contributed by atoms with van der Waals surface area (Å²) in [6.07, 6.45) is 2.22. The minimum absolute atomic E-state index is 0.0499. The molecule has 1 fully saturated rings. The molecule has 3 nitrogen and oxygen atoms in total. The van der Waals surface area contributed by atoms with Crippen molar-refractivity contribution in [3.63, 3.8) is 0 Å². The minimum atomic E-state index is 0.0499. The fourth-order valence-corrected chi connectivity index (χ4v) is 2.36. The molecule has 1 aromatic carbocycles. The Bertz CT molecular complexity index is 564. The summed E-state index contributed by atoms with van der Waals surface area (Å²) >= 11 is 5.98. The number of benzene rings is 1. The molecule has 17 heavy (non-hydrogen) atoms. The Hall–Kier alpha value is -1.35. The molecule has 1 saturated carbocycles. The molecule has 3 rings (SSSR count). The van der Waals surface area contributed by atoms with E-state index in [1.54, 1.807) is 0 Å². The minimum Gasteiger partial charge on any atom is -0.361 e. The maximum absolute atomic E-state index is 5.98. The first-order chi connectivity index (χ1) is 8.24. The van der Waals surface area contributed by atoms with Crippen LogP contribution in [0.5, 0.6) is 0 Å². The first kappa shape index (κ1) is 10.8. The van der Waals surface area contributed by atoms with Gasteiger partial charge in [0.2, 0.25) is 0 Å². The van der Waals surface area contributed by atoms with E-state index < -0.39 is 0 Å². The third kappa shape index (κ3) is 1.84. The predicted octanol–water partition coefficient (Wildman–Crippen LogP) is 3.12. The van der Waals surface area contributed by atoms with E-state index in [1.807, 2.05) is 19.1 Å². The van der Waals surface area contributed by atoms with Crippen LogP contribution < -0.4 is 5.32 Å². The summed E-state index contributed by atoms with van der Waals surface area (Å²) in [5, 5.41) is 14.2. The monoisotopic (exact) mass is 247 g/mol. The quantitative estimate of drug-likeness (QED) is 0.847. The summed E-state index contributed by atoms with van der Waals surface area (Å²) < 4.78 is 0. The van der Waals surface area contributed by atoms with Crippen LogP contribution in [0.25, 0.3) is 10.8 Å². The van der Waals surface area contributed by atoms with E-state index >= 15 is 0 Å². The van der Waals surface area contributed by atoms with Crippen molar-refractivity contribution in [3.8, 4) is 0 Å². The molecule has 1 aliphatic rings. The number of halogens is 1. The fourth-order valence-electron chi connectivity index (χ4n) is 2.02. The Kier molecular flexibility index (Phi) is 2.44. The van der Waals surface area contributed by atoms with Gasteiger partial charge in [-0.15, -0.1) is 16.7 Å². The molecule has 1 aliphatic carbocycles. The number of rotatable bonds is 3. The molecule has 88 valence electrons. The van der Waals surface area contributed by atoms with Crippen molar-refractivity contribution in [2.45, 2.75) is 25.3 Å². The molecule has 0 unspecified atom stereocenters. The van der Waals surface area contributed by atoms with Gasteiger partial charge >= 0.3 is 0 Å². The van der Waals surface area contributed by atoms with Gasteiger partial charge in [0.15, 0.2) is 5.82 Å². The van der Waals surface area contributed by atoms with Crippen LogP contribution in [-0.2, 0) is 0 Å². The zero-order valence-electron chi connectivity index (χ0n) is 9.70. The van der Waals surface area contributed by atoms with Crippen LogP contribution in [0.1, 0.15) is 18.5 Å². The lowest BCUT2D eigenvalue weighted by Gasteiger charge is -2.16. The Morgan fingerprint density at radius 1 is 1.24 bits per heavy atom. The van der Waals surface area contributed by atoms with Gasteiger partial charge in [0.1, 0.15) is 0 Å². The fraction of sp³-hybridized carbons (Fsp3) is 0.385. The lowest BCUT2D eigenvalue weighted by molar-refractivity contribution is 0.821. The standard InChI is InChI=1S/C13H14ClN3/c1-9-10-4-2-3-5-11(10)12(17-16-9)15-13(8-14)6-7-13/h2-5H,6-8H2,1H3,(H,15,17). The van der Waals surface area contributed by atoms with Crippen LogP contribution in [0.15, 0.2) is 24.3 Å². The van der Waals surface area contributed by atoms with Crippen molar-refractivity contribution in [1.82, 2.24) is 10.2 Å². The van der Waals surface area contributed by atoms with Crippen molar-refractivity contribution in [2.24, 2.45) is 0 Å². The van der Waals surface area contributed by atoms with Crippen molar-refractivity contribution < 1.29 is 0 Å². The summed E-state index contributed by atoms with van der Waals surface area (Å²) in [7, 11) is 0. The van der Waals surface area contributed by atoms with Crippen molar-refractivity contribution in [1.29, 1.82) is 0 Å². The average molecular weight is 248 g/mol. The normalized spacial score (nSPS) is 17.1. The number of hydrogen-bond acceptors (Lipinski definition) is 3. The van der Waals surface area contributed by atoms with Crippen molar-refractivity contribution in [3.05, 3.63) is 30.0 Å². The van der Waals surface area contributed by atoms with E-state index in [4.69, 9.17) is 11.6 Å². The van der Waals surface area contributed by atoms with E-state index in [1.165, 1.54) is 0 Å². The number of alkyl halides is 1. The number of fused-ring (bicyclic) bond motifs is 1. The van der Waals surface area contributed by atoms with Gasteiger partial charge in [-0.1, -0.05) is 24.3 Å². The van der Waals surface area contributed by atoms with E-state index in [9.17, 15) is 0 Å². The first-order valence-electron chi connectivity index (χ1n) is 5.80. The topological polar surface area (TPSA) is 37.8 Å². The van der Waals surface area contributed by atoms with Gasteiger partial charge in [-0.25, -0.2) is 0 Å². The van der Waals surface area contributed by atoms with Crippen LogP contribution >= 0.6 is 11.6 Å². The molecular formula is C13H14ClN3. The molecule has 0 saturated heterocycles. The van der Waals surface area contributed by atoms with Gasteiger partial charge in [0.25, 0.3) is 0 Å². The number of aryl methyl sites for hydroxylation is 1. The number of hydrogen-bond donors (Lipinski definition) is 1. The molecule has 0 atom stereocenters. The molecule has 1 heterocycles. The van der Waals surface area contributed by atoms with Gasteiger partial charge in [0, 0.05) is 16.7 Å². The van der Waals surface area contributed by atoms with Gasteiger partial charge in [-0.2, -0.15) is 5.10 Å². The summed E-state index contributed by atoms with van der Waals surface area (Å²) in [6, 6.07) is 8.19. The molecule has 0 spiro atoms. The Morgan fingerprint density at radius 3 is 2.59 bits per heavy atom. The highest BCUT2D eigenvalue weighted by molar-refractivity contribution is 6.19. The van der Waals surface area contributed by atoms with Gasteiger partial charge in [-0.3, -0.25) is 0 Å². The highest BCUT2D eigenvalue weighted by Gasteiger charge is 2.42. The maximum atomic E-state index is 5.98. The largest absolute Gasteiger partial charge is 0.361 e. The van der Waals surface area contributed by atoms with Crippen molar-refractivity contribution in [2.75, 3.05) is 11.2 Å². The SMILES string of the molecule is Cc1nnc(NC2(CCl)CC2)c2ccccc12. The third-order valence-electron chi connectivity index (χ3n) is 3.36. The highest BCUT2D eigenvalue weighted by Crippen LogP contribution is 2.40. The van der Waals surface area contributed by atoms with Crippen LogP contribution in [0.3, 0.4) is 0 Å². The second-order valence-electron chi connectivity index (χ2n) is 4.72. The number of anilines is 1. The first-order valence-corrected chi connectivity index (χ1v) is 6.34. The molecule has 1 aromatic heterocycles. The van der Waals surface area contributed by atoms with Crippen LogP contribution in [0, 0.1) is 6.92 Å². The van der Waals surface area contributed by atoms with Gasteiger partial charge in [0.05, 0.1) is 11.2 Å². The predicted molar refractivity (Wildman–Crippen MR) is 70.6 cm³/mol. The maximum Gasteiger partial charge on any atom is 0.157 e. The molecule has 0 amide bonds. The summed E-state index contributed by atoms with van der Waals surface area (Å²) in [4.78, 5) is 0. The lowest BCUT2D eigenvalue weighted by atomic mass is 10.1. The van der Waals surface area contributed by atoms with Crippen LogP contribution in [0.2, 0.25) is 0 Å². The molecule has 0 radical (unpaired) electrons. The van der Waals surface area contributed by atoms with Crippen LogP contribution in [0.4, 0.5) is 5.82 Å². The molecule has 0 bridgehead atoms. The van der Waals surface area contributed by atoms with E-state index in [-0.39, 0.29) is 5.54 Å². The van der Waals surface area contributed by atoms with Crippen molar-refractivity contribution >= 4 is 28.2 Å². The number of nitrogens with zero attached hydrogens (tertiary/aromatic N) is 2. The second-order valence-corrected chi connectivity index (χ2v) is 4.99. The average Bonchev–Trinajstić information content (AvgIpc) is 3.14. The third-order valence-corrected chi connectivity index (χ3v) is 3.88. The highest BCUT2D eigenvalue weighted by atomic mass is 35.5. The Morgan fingerprint density at radius 2 is 1.94 bits per heavy atom. The molecule has 0 aliphatic heterocycles. The number of aromatic nitrogens is 2.